The molecular formula is C12H15N3O2. The fourth-order valence-corrected chi connectivity index (χ4v) is 1.59. The lowest BCUT2D eigenvalue weighted by atomic mass is 10.2. The maximum atomic E-state index is 5.19. The van der Waals surface area contributed by atoms with Gasteiger partial charge in [0.15, 0.2) is 5.82 Å². The Labute approximate surface area is 100 Å². The number of nitrogens with zero attached hydrogens (tertiary/aromatic N) is 3. The smallest absolute Gasteiger partial charge is 0.163 e. The second-order valence-corrected chi connectivity index (χ2v) is 3.57. The maximum Gasteiger partial charge on any atom is 0.163 e. The third kappa shape index (κ3) is 2.62. The Morgan fingerprint density at radius 3 is 2.94 bits per heavy atom. The lowest BCUT2D eigenvalue weighted by Gasteiger charge is -2.07. The van der Waals surface area contributed by atoms with E-state index in [1.54, 1.807) is 20.5 Å². The first-order valence-electron chi connectivity index (χ1n) is 5.36. The summed E-state index contributed by atoms with van der Waals surface area (Å²) in [6.07, 6.45) is 1.70. The van der Waals surface area contributed by atoms with Crippen molar-refractivity contribution in [3.8, 4) is 17.1 Å². The minimum atomic E-state index is 0.634. The molecule has 0 aliphatic heterocycles. The van der Waals surface area contributed by atoms with E-state index in [1.165, 1.54) is 0 Å². The van der Waals surface area contributed by atoms with Crippen LogP contribution in [-0.2, 0) is 11.3 Å². The summed E-state index contributed by atoms with van der Waals surface area (Å²) in [6, 6.07) is 7.76. The molecule has 1 aromatic heterocycles. The van der Waals surface area contributed by atoms with Crippen LogP contribution in [0.25, 0.3) is 11.4 Å². The van der Waals surface area contributed by atoms with E-state index in [0.29, 0.717) is 6.61 Å². The van der Waals surface area contributed by atoms with Gasteiger partial charge in [0, 0.05) is 19.2 Å². The molecule has 2 aromatic rings. The zero-order valence-electron chi connectivity index (χ0n) is 9.96. The molecule has 90 valence electrons. The monoisotopic (exact) mass is 233 g/mol. The van der Waals surface area contributed by atoms with E-state index in [-0.39, 0.29) is 0 Å². The zero-order chi connectivity index (χ0) is 12.1. The molecule has 0 aliphatic carbocycles. The van der Waals surface area contributed by atoms with Crippen molar-refractivity contribution in [2.24, 2.45) is 0 Å². The molecule has 0 amide bonds. The second-order valence-electron chi connectivity index (χ2n) is 3.57. The summed E-state index contributed by atoms with van der Waals surface area (Å²) in [7, 11) is 3.32. The van der Waals surface area contributed by atoms with Crippen LogP contribution in [0.5, 0.6) is 5.75 Å². The normalized spacial score (nSPS) is 10.5. The highest BCUT2D eigenvalue weighted by Crippen LogP contribution is 2.21. The number of aromatic nitrogens is 3. The predicted octanol–water partition coefficient (Wildman–Crippen LogP) is 1.60. The molecule has 17 heavy (non-hydrogen) atoms. The first kappa shape index (κ1) is 11.6. The van der Waals surface area contributed by atoms with Crippen molar-refractivity contribution in [3.63, 3.8) is 0 Å². The molecule has 2 rings (SSSR count). The van der Waals surface area contributed by atoms with Crippen LogP contribution in [0.4, 0.5) is 0 Å². The van der Waals surface area contributed by atoms with Crippen LogP contribution in [0.3, 0.4) is 0 Å². The minimum absolute atomic E-state index is 0.634. The average Bonchev–Trinajstić information content (AvgIpc) is 2.84. The van der Waals surface area contributed by atoms with Gasteiger partial charge < -0.3 is 14.0 Å². The molecule has 0 spiro atoms. The highest BCUT2D eigenvalue weighted by atomic mass is 16.5. The van der Waals surface area contributed by atoms with Gasteiger partial charge in [-0.15, -0.1) is 10.2 Å². The van der Waals surface area contributed by atoms with Crippen molar-refractivity contribution in [1.82, 2.24) is 14.8 Å². The topological polar surface area (TPSA) is 49.2 Å². The Morgan fingerprint density at radius 1 is 1.29 bits per heavy atom. The molecule has 0 saturated heterocycles. The number of hydrogen-bond acceptors (Lipinski definition) is 4. The molecule has 5 nitrogen and oxygen atoms in total. The summed E-state index contributed by atoms with van der Waals surface area (Å²) in [6.45, 7) is 1.37. The lowest BCUT2D eigenvalue weighted by molar-refractivity contribution is 0.187. The molecule has 1 aromatic carbocycles. The van der Waals surface area contributed by atoms with E-state index >= 15 is 0 Å². The average molecular weight is 233 g/mol. The highest BCUT2D eigenvalue weighted by Gasteiger charge is 2.07. The molecule has 0 radical (unpaired) electrons. The minimum Gasteiger partial charge on any atom is -0.497 e. The largest absolute Gasteiger partial charge is 0.497 e. The molecule has 5 heteroatoms. The molecule has 0 fully saturated rings. The maximum absolute atomic E-state index is 5.19. The van der Waals surface area contributed by atoms with Gasteiger partial charge in [-0.2, -0.15) is 0 Å². The van der Waals surface area contributed by atoms with Crippen LogP contribution >= 0.6 is 0 Å². The molecule has 0 bridgehead atoms. The van der Waals surface area contributed by atoms with E-state index in [2.05, 4.69) is 10.2 Å². The van der Waals surface area contributed by atoms with E-state index < -0.39 is 0 Å². The Bertz CT molecular complexity index is 482. The van der Waals surface area contributed by atoms with Crippen LogP contribution in [0.2, 0.25) is 0 Å². The zero-order valence-corrected chi connectivity index (χ0v) is 9.96. The number of rotatable bonds is 5. The van der Waals surface area contributed by atoms with Crippen LogP contribution in [0.15, 0.2) is 30.6 Å². The van der Waals surface area contributed by atoms with Crippen LogP contribution in [-0.4, -0.2) is 35.6 Å². The lowest BCUT2D eigenvalue weighted by Crippen LogP contribution is -2.04. The predicted molar refractivity (Wildman–Crippen MR) is 63.9 cm³/mol. The molecule has 0 unspecified atom stereocenters. The molecule has 0 saturated carbocycles. The van der Waals surface area contributed by atoms with Gasteiger partial charge in [-0.3, -0.25) is 0 Å². The Balaban J connectivity index is 2.28. The van der Waals surface area contributed by atoms with Gasteiger partial charge in [0.2, 0.25) is 0 Å². The van der Waals surface area contributed by atoms with Crippen molar-refractivity contribution in [3.05, 3.63) is 30.6 Å². The number of ether oxygens (including phenoxy) is 2. The third-order valence-corrected chi connectivity index (χ3v) is 2.48. The summed E-state index contributed by atoms with van der Waals surface area (Å²) in [5.74, 6) is 1.63. The number of hydrogen-bond donors (Lipinski definition) is 0. The van der Waals surface area contributed by atoms with Gasteiger partial charge in [-0.05, 0) is 12.1 Å². The fraction of sp³-hybridized carbons (Fsp3) is 0.333. The first-order chi connectivity index (χ1) is 8.35. The summed E-state index contributed by atoms with van der Waals surface area (Å²) in [5, 5.41) is 8.04. The van der Waals surface area contributed by atoms with E-state index in [4.69, 9.17) is 9.47 Å². The molecule has 0 atom stereocenters. The van der Waals surface area contributed by atoms with Crippen LogP contribution in [0.1, 0.15) is 0 Å². The summed E-state index contributed by atoms with van der Waals surface area (Å²) < 4.78 is 12.2. The van der Waals surface area contributed by atoms with Gasteiger partial charge in [-0.1, -0.05) is 12.1 Å². The van der Waals surface area contributed by atoms with E-state index in [0.717, 1.165) is 23.7 Å². The van der Waals surface area contributed by atoms with Gasteiger partial charge in [-0.25, -0.2) is 0 Å². The van der Waals surface area contributed by atoms with Crippen molar-refractivity contribution in [1.29, 1.82) is 0 Å². The SMILES string of the molecule is COCCn1cnnc1-c1cccc(OC)c1. The van der Waals surface area contributed by atoms with Crippen LogP contribution in [0, 0.1) is 0 Å². The van der Waals surface area contributed by atoms with E-state index in [1.807, 2.05) is 28.8 Å². The Kier molecular flexibility index (Phi) is 3.72. The van der Waals surface area contributed by atoms with Crippen molar-refractivity contribution < 1.29 is 9.47 Å². The van der Waals surface area contributed by atoms with Crippen molar-refractivity contribution in [2.75, 3.05) is 20.8 Å². The summed E-state index contributed by atoms with van der Waals surface area (Å²) in [4.78, 5) is 0. The second kappa shape index (κ2) is 5.45. The van der Waals surface area contributed by atoms with Gasteiger partial charge in [0.1, 0.15) is 12.1 Å². The summed E-state index contributed by atoms with van der Waals surface area (Å²) >= 11 is 0. The Morgan fingerprint density at radius 2 is 2.18 bits per heavy atom. The van der Waals surface area contributed by atoms with Gasteiger partial charge >= 0.3 is 0 Å². The quantitative estimate of drug-likeness (QED) is 0.787. The molecule has 0 N–H and O–H groups in total. The molecule has 0 aliphatic rings. The first-order valence-corrected chi connectivity index (χ1v) is 5.36. The summed E-state index contributed by atoms with van der Waals surface area (Å²) in [5.41, 5.74) is 0.984. The fourth-order valence-electron chi connectivity index (χ4n) is 1.59. The Hall–Kier alpha value is -1.88. The van der Waals surface area contributed by atoms with Crippen LogP contribution < -0.4 is 4.74 Å². The third-order valence-electron chi connectivity index (χ3n) is 2.48. The van der Waals surface area contributed by atoms with Crippen molar-refractivity contribution >= 4 is 0 Å². The van der Waals surface area contributed by atoms with Gasteiger partial charge in [0.05, 0.1) is 13.7 Å². The van der Waals surface area contributed by atoms with Crippen molar-refractivity contribution in [2.45, 2.75) is 6.54 Å². The molecular weight excluding hydrogens is 218 g/mol. The van der Waals surface area contributed by atoms with E-state index in [9.17, 15) is 0 Å². The number of benzene rings is 1. The number of methoxy groups -OCH3 is 2. The molecule has 1 heterocycles. The highest BCUT2D eigenvalue weighted by molar-refractivity contribution is 5.57. The van der Waals surface area contributed by atoms with Gasteiger partial charge in [0.25, 0.3) is 0 Å². The standard InChI is InChI=1S/C12H15N3O2/c1-16-7-6-15-9-13-14-12(15)10-4-3-5-11(8-10)17-2/h3-5,8-9H,6-7H2,1-2H3.